The minimum absolute atomic E-state index is 0.0935. The topological polar surface area (TPSA) is 52.7 Å². The molecule has 0 aromatic carbocycles. The summed E-state index contributed by atoms with van der Waals surface area (Å²) in [6, 6.07) is 0. The Morgan fingerprint density at radius 2 is 1.73 bits per heavy atom. The van der Waals surface area contributed by atoms with Gasteiger partial charge < -0.3 is 10.2 Å². The molecule has 0 bridgehead atoms. The van der Waals surface area contributed by atoms with Gasteiger partial charge in [-0.25, -0.2) is 0 Å². The number of carbonyl (C=O) groups is 2. The van der Waals surface area contributed by atoms with Gasteiger partial charge in [0.15, 0.2) is 0 Å². The quantitative estimate of drug-likeness (QED) is 0.707. The fourth-order valence-corrected chi connectivity index (χ4v) is 2.86. The lowest BCUT2D eigenvalue weighted by Crippen LogP contribution is -2.52. The summed E-state index contributed by atoms with van der Waals surface area (Å²) in [5, 5.41) is 2.90. The van der Waals surface area contributed by atoms with Gasteiger partial charge in [-0.05, 0) is 19.3 Å². The van der Waals surface area contributed by atoms with Crippen LogP contribution in [-0.2, 0) is 9.59 Å². The molecule has 0 radical (unpaired) electrons. The number of carbonyl (C=O) groups excluding carboxylic acids is 2. The van der Waals surface area contributed by atoms with Gasteiger partial charge in [0.25, 0.3) is 0 Å². The standard InChI is InChI=1S/C17H33N3O2/c1-4-7-8-15(6-3)17(22)20-12-10-19(11-13-20)14-16(21)18-9-5-2/h15H,4-14H2,1-3H3,(H,18,21). The van der Waals surface area contributed by atoms with E-state index in [1.807, 2.05) is 11.8 Å². The van der Waals surface area contributed by atoms with Crippen molar-refractivity contribution in [2.75, 3.05) is 39.3 Å². The largest absolute Gasteiger partial charge is 0.355 e. The summed E-state index contributed by atoms with van der Waals surface area (Å²) >= 11 is 0. The molecule has 2 amide bonds. The molecule has 1 unspecified atom stereocenters. The third-order valence-corrected chi connectivity index (χ3v) is 4.37. The van der Waals surface area contributed by atoms with E-state index in [-0.39, 0.29) is 11.8 Å². The average molecular weight is 311 g/mol. The zero-order chi connectivity index (χ0) is 16.4. The smallest absolute Gasteiger partial charge is 0.234 e. The van der Waals surface area contributed by atoms with Gasteiger partial charge in [0, 0.05) is 38.6 Å². The molecule has 0 spiro atoms. The van der Waals surface area contributed by atoms with Crippen molar-refractivity contribution in [2.45, 2.75) is 52.9 Å². The van der Waals surface area contributed by atoms with Crippen LogP contribution in [0, 0.1) is 5.92 Å². The first-order chi connectivity index (χ1) is 10.6. The lowest BCUT2D eigenvalue weighted by atomic mass is 9.97. The molecule has 1 aliphatic heterocycles. The molecular formula is C17H33N3O2. The van der Waals surface area contributed by atoms with Gasteiger partial charge in [0.05, 0.1) is 6.54 Å². The van der Waals surface area contributed by atoms with E-state index >= 15 is 0 Å². The monoisotopic (exact) mass is 311 g/mol. The molecular weight excluding hydrogens is 278 g/mol. The Balaban J connectivity index is 2.34. The number of hydrogen-bond acceptors (Lipinski definition) is 3. The summed E-state index contributed by atoms with van der Waals surface area (Å²) in [6.45, 7) is 10.6. The number of piperazine rings is 1. The highest BCUT2D eigenvalue weighted by atomic mass is 16.2. The predicted molar refractivity (Wildman–Crippen MR) is 89.6 cm³/mol. The van der Waals surface area contributed by atoms with Crippen molar-refractivity contribution >= 4 is 11.8 Å². The van der Waals surface area contributed by atoms with Gasteiger partial charge in [0.2, 0.25) is 11.8 Å². The minimum atomic E-state index is 0.0935. The predicted octanol–water partition coefficient (Wildman–Crippen LogP) is 1.87. The third kappa shape index (κ3) is 6.34. The molecule has 1 saturated heterocycles. The van der Waals surface area contributed by atoms with Crippen molar-refractivity contribution in [3.63, 3.8) is 0 Å². The highest BCUT2D eigenvalue weighted by Crippen LogP contribution is 2.17. The number of nitrogens with zero attached hydrogens (tertiary/aromatic N) is 2. The maximum atomic E-state index is 12.5. The zero-order valence-corrected chi connectivity index (χ0v) is 14.6. The molecule has 1 fully saturated rings. The first-order valence-electron chi connectivity index (χ1n) is 8.90. The van der Waals surface area contributed by atoms with E-state index < -0.39 is 0 Å². The fourth-order valence-electron chi connectivity index (χ4n) is 2.86. The van der Waals surface area contributed by atoms with Crippen molar-refractivity contribution in [1.82, 2.24) is 15.1 Å². The molecule has 0 aliphatic carbocycles. The molecule has 0 aromatic rings. The maximum Gasteiger partial charge on any atom is 0.234 e. The molecule has 22 heavy (non-hydrogen) atoms. The van der Waals surface area contributed by atoms with Crippen LogP contribution in [0.5, 0.6) is 0 Å². The molecule has 1 heterocycles. The van der Waals surface area contributed by atoms with Crippen molar-refractivity contribution in [2.24, 2.45) is 5.92 Å². The zero-order valence-electron chi connectivity index (χ0n) is 14.6. The van der Waals surface area contributed by atoms with Crippen molar-refractivity contribution in [3.8, 4) is 0 Å². The molecule has 128 valence electrons. The van der Waals surface area contributed by atoms with E-state index in [2.05, 4.69) is 24.1 Å². The second-order valence-electron chi connectivity index (χ2n) is 6.20. The summed E-state index contributed by atoms with van der Waals surface area (Å²) in [7, 11) is 0. The summed E-state index contributed by atoms with van der Waals surface area (Å²) in [5.41, 5.74) is 0. The number of nitrogens with one attached hydrogen (secondary N) is 1. The van der Waals surface area contributed by atoms with E-state index in [0.717, 1.165) is 64.8 Å². The second-order valence-corrected chi connectivity index (χ2v) is 6.20. The summed E-state index contributed by atoms with van der Waals surface area (Å²) in [5.74, 6) is 0.585. The van der Waals surface area contributed by atoms with Gasteiger partial charge in [-0.15, -0.1) is 0 Å². The van der Waals surface area contributed by atoms with Crippen LogP contribution in [0.2, 0.25) is 0 Å². The van der Waals surface area contributed by atoms with Gasteiger partial charge in [0.1, 0.15) is 0 Å². The normalized spacial score (nSPS) is 17.3. The molecule has 5 heteroatoms. The third-order valence-electron chi connectivity index (χ3n) is 4.37. The Kier molecular flexibility index (Phi) is 9.13. The maximum absolute atomic E-state index is 12.5. The number of unbranched alkanes of at least 4 members (excludes halogenated alkanes) is 1. The Morgan fingerprint density at radius 3 is 2.27 bits per heavy atom. The minimum Gasteiger partial charge on any atom is -0.355 e. The van der Waals surface area contributed by atoms with Gasteiger partial charge in [-0.3, -0.25) is 14.5 Å². The number of amides is 2. The van der Waals surface area contributed by atoms with Crippen LogP contribution in [0.1, 0.15) is 52.9 Å². The Bertz CT molecular complexity index is 339. The van der Waals surface area contributed by atoms with Crippen molar-refractivity contribution < 1.29 is 9.59 Å². The number of rotatable bonds is 9. The van der Waals surface area contributed by atoms with E-state index in [9.17, 15) is 9.59 Å². The van der Waals surface area contributed by atoms with Gasteiger partial charge in [-0.2, -0.15) is 0 Å². The van der Waals surface area contributed by atoms with Crippen LogP contribution in [0.3, 0.4) is 0 Å². The van der Waals surface area contributed by atoms with Crippen LogP contribution >= 0.6 is 0 Å². The molecule has 5 nitrogen and oxygen atoms in total. The SMILES string of the molecule is CCCCC(CC)C(=O)N1CCN(CC(=O)NCCC)CC1. The number of hydrogen-bond donors (Lipinski definition) is 1. The summed E-state index contributed by atoms with van der Waals surface area (Å²) < 4.78 is 0. The van der Waals surface area contributed by atoms with Gasteiger partial charge >= 0.3 is 0 Å². The van der Waals surface area contributed by atoms with Crippen LogP contribution in [0.4, 0.5) is 0 Å². The molecule has 0 saturated carbocycles. The van der Waals surface area contributed by atoms with Crippen LogP contribution in [-0.4, -0.2) is 60.9 Å². The first kappa shape index (κ1) is 18.9. The lowest BCUT2D eigenvalue weighted by molar-refractivity contribution is -0.137. The van der Waals surface area contributed by atoms with Crippen molar-refractivity contribution in [3.05, 3.63) is 0 Å². The average Bonchev–Trinajstić information content (AvgIpc) is 2.54. The fraction of sp³-hybridized carbons (Fsp3) is 0.882. The Morgan fingerprint density at radius 1 is 1.05 bits per heavy atom. The van der Waals surface area contributed by atoms with E-state index in [4.69, 9.17) is 0 Å². The molecule has 1 N–H and O–H groups in total. The van der Waals surface area contributed by atoms with E-state index in [1.165, 1.54) is 0 Å². The van der Waals surface area contributed by atoms with E-state index in [1.54, 1.807) is 0 Å². The van der Waals surface area contributed by atoms with Gasteiger partial charge in [-0.1, -0.05) is 33.6 Å². The second kappa shape index (κ2) is 10.6. The van der Waals surface area contributed by atoms with Crippen molar-refractivity contribution in [1.29, 1.82) is 0 Å². The van der Waals surface area contributed by atoms with Crippen LogP contribution in [0.25, 0.3) is 0 Å². The Hall–Kier alpha value is -1.10. The summed E-state index contributed by atoms with van der Waals surface area (Å²) in [4.78, 5) is 28.4. The highest BCUT2D eigenvalue weighted by molar-refractivity contribution is 5.79. The van der Waals surface area contributed by atoms with Crippen LogP contribution in [0.15, 0.2) is 0 Å². The molecule has 1 rings (SSSR count). The lowest BCUT2D eigenvalue weighted by Gasteiger charge is -2.36. The Labute approximate surface area is 135 Å². The molecule has 1 atom stereocenters. The summed E-state index contributed by atoms with van der Waals surface area (Å²) in [6.07, 6.45) is 5.17. The first-order valence-corrected chi connectivity index (χ1v) is 8.90. The highest BCUT2D eigenvalue weighted by Gasteiger charge is 2.26. The van der Waals surface area contributed by atoms with Crippen LogP contribution < -0.4 is 5.32 Å². The molecule has 0 aromatic heterocycles. The molecule has 1 aliphatic rings. The van der Waals surface area contributed by atoms with E-state index in [0.29, 0.717) is 12.5 Å².